The van der Waals surface area contributed by atoms with Crippen LogP contribution in [0.2, 0.25) is 0 Å². The molecule has 3 heteroatoms. The maximum absolute atomic E-state index is 13.7. The van der Waals surface area contributed by atoms with Crippen molar-refractivity contribution in [3.8, 4) is 0 Å². The van der Waals surface area contributed by atoms with E-state index in [-0.39, 0.29) is 5.78 Å². The second-order valence-electron chi connectivity index (χ2n) is 14.2. The number of rotatable bonds is 14. The molecule has 4 saturated carbocycles. The van der Waals surface area contributed by atoms with Crippen molar-refractivity contribution in [3.63, 3.8) is 0 Å². The molecule has 4 aliphatic carbocycles. The summed E-state index contributed by atoms with van der Waals surface area (Å²) in [6.45, 7) is 4.69. The lowest BCUT2D eigenvalue weighted by molar-refractivity contribution is -0.115. The average Bonchev–Trinajstić information content (AvgIpc) is 2.91. The average molecular weight is 564 g/mol. The molecule has 0 aromatic carbocycles. The SMILES string of the molecule is CC[C@]1(CCCC2CCCCC2)C[C@H](C(=CCl)C(=O)C(=CCl)[C@H]2C[C@](CC)(CCCC3CCCCC3)C2)C1. The van der Waals surface area contributed by atoms with Crippen molar-refractivity contribution in [2.24, 2.45) is 34.5 Å². The van der Waals surface area contributed by atoms with Crippen LogP contribution in [0, 0.1) is 34.5 Å². The molecule has 216 valence electrons. The van der Waals surface area contributed by atoms with Crippen molar-refractivity contribution in [2.45, 2.75) is 155 Å². The molecular weight excluding hydrogens is 507 g/mol. The highest BCUT2D eigenvalue weighted by molar-refractivity contribution is 6.31. The van der Waals surface area contributed by atoms with E-state index in [4.69, 9.17) is 23.2 Å². The van der Waals surface area contributed by atoms with Crippen LogP contribution in [0.5, 0.6) is 0 Å². The van der Waals surface area contributed by atoms with Crippen LogP contribution in [0.1, 0.15) is 155 Å². The Labute approximate surface area is 245 Å². The Hall–Kier alpha value is -0.270. The van der Waals surface area contributed by atoms with Gasteiger partial charge in [0.25, 0.3) is 0 Å². The van der Waals surface area contributed by atoms with Crippen LogP contribution >= 0.6 is 23.2 Å². The molecule has 4 aliphatic rings. The first kappa shape index (κ1) is 30.7. The van der Waals surface area contributed by atoms with Crippen molar-refractivity contribution >= 4 is 29.0 Å². The number of carbonyl (C=O) groups excluding carboxylic acids is 1. The number of hydrogen-bond donors (Lipinski definition) is 0. The molecule has 0 saturated heterocycles. The standard InChI is InChI=1S/C35H56Cl2O/c1-3-34(19-11-17-27-13-7-5-8-14-27)21-29(22-34)31(25-36)33(38)32(26-37)30-23-35(4-2,24-30)20-12-18-28-15-9-6-10-16-28/h25-30H,3-24H2,1-2H3/t29-,30-,34-,35-. The second kappa shape index (κ2) is 14.6. The van der Waals surface area contributed by atoms with E-state index in [0.29, 0.717) is 22.7 Å². The van der Waals surface area contributed by atoms with E-state index in [9.17, 15) is 4.79 Å². The summed E-state index contributed by atoms with van der Waals surface area (Å²) in [4.78, 5) is 13.7. The first-order valence-electron chi connectivity index (χ1n) is 16.6. The zero-order chi connectivity index (χ0) is 27.0. The van der Waals surface area contributed by atoms with E-state index in [1.807, 2.05) is 0 Å². The van der Waals surface area contributed by atoms with Crippen LogP contribution in [0.25, 0.3) is 0 Å². The van der Waals surface area contributed by atoms with Crippen LogP contribution in [0.4, 0.5) is 0 Å². The molecule has 1 nitrogen and oxygen atoms in total. The van der Waals surface area contributed by atoms with Gasteiger partial charge in [0.05, 0.1) is 0 Å². The number of halogens is 2. The maximum Gasteiger partial charge on any atom is 0.187 e. The smallest absolute Gasteiger partial charge is 0.187 e. The Balaban J connectivity index is 1.24. The lowest BCUT2D eigenvalue weighted by Gasteiger charge is -2.50. The van der Waals surface area contributed by atoms with Crippen molar-refractivity contribution in [3.05, 3.63) is 22.2 Å². The van der Waals surface area contributed by atoms with Gasteiger partial charge in [-0.15, -0.1) is 0 Å². The lowest BCUT2D eigenvalue weighted by Crippen LogP contribution is -2.42. The minimum atomic E-state index is 0.142. The largest absolute Gasteiger partial charge is 0.289 e. The Morgan fingerprint density at radius 3 is 1.34 bits per heavy atom. The molecule has 0 atom stereocenters. The van der Waals surface area contributed by atoms with E-state index in [0.717, 1.165) is 48.7 Å². The van der Waals surface area contributed by atoms with Crippen molar-refractivity contribution in [2.75, 3.05) is 0 Å². The van der Waals surface area contributed by atoms with Gasteiger partial charge in [-0.1, -0.05) is 140 Å². The topological polar surface area (TPSA) is 17.1 Å². The zero-order valence-electron chi connectivity index (χ0n) is 24.7. The van der Waals surface area contributed by atoms with Gasteiger partial charge in [-0.2, -0.15) is 0 Å². The Morgan fingerprint density at radius 1 is 0.658 bits per heavy atom. The molecule has 0 aromatic heterocycles. The Morgan fingerprint density at radius 2 is 1.03 bits per heavy atom. The van der Waals surface area contributed by atoms with E-state index in [1.165, 1.54) is 116 Å². The van der Waals surface area contributed by atoms with Gasteiger partial charge in [-0.3, -0.25) is 4.79 Å². The monoisotopic (exact) mass is 562 g/mol. The van der Waals surface area contributed by atoms with Gasteiger partial charge in [0.15, 0.2) is 5.78 Å². The van der Waals surface area contributed by atoms with E-state index in [2.05, 4.69) is 13.8 Å². The van der Waals surface area contributed by atoms with Gasteiger partial charge < -0.3 is 0 Å². The second-order valence-corrected chi connectivity index (χ2v) is 14.6. The summed E-state index contributed by atoms with van der Waals surface area (Å²) in [6, 6.07) is 0. The molecule has 0 spiro atoms. The van der Waals surface area contributed by atoms with E-state index < -0.39 is 0 Å². The predicted octanol–water partition coefficient (Wildman–Crippen LogP) is 11.9. The fraction of sp³-hybridized carbons (Fsp3) is 0.857. The van der Waals surface area contributed by atoms with Crippen LogP contribution < -0.4 is 0 Å². The van der Waals surface area contributed by atoms with Crippen molar-refractivity contribution in [1.82, 2.24) is 0 Å². The highest BCUT2D eigenvalue weighted by atomic mass is 35.5. The summed E-state index contributed by atoms with van der Waals surface area (Å²) in [5.41, 5.74) is 5.71. The molecule has 0 heterocycles. The number of Topliss-reactive ketones (excluding diaryl/α,β-unsaturated/α-hetero) is 1. The van der Waals surface area contributed by atoms with Crippen LogP contribution in [-0.2, 0) is 4.79 Å². The molecule has 4 fully saturated rings. The summed E-state index contributed by atoms with van der Waals surface area (Å²) >= 11 is 12.7. The third-order valence-corrected chi connectivity index (χ3v) is 12.4. The van der Waals surface area contributed by atoms with Crippen LogP contribution in [-0.4, -0.2) is 5.78 Å². The summed E-state index contributed by atoms with van der Waals surface area (Å²) in [6.07, 6.45) is 29.5. The maximum atomic E-state index is 13.7. The van der Waals surface area contributed by atoms with Crippen molar-refractivity contribution in [1.29, 1.82) is 0 Å². The highest BCUT2D eigenvalue weighted by Gasteiger charge is 2.48. The minimum Gasteiger partial charge on any atom is -0.289 e. The van der Waals surface area contributed by atoms with Gasteiger partial charge in [0.1, 0.15) is 0 Å². The molecule has 0 aromatic rings. The van der Waals surface area contributed by atoms with Gasteiger partial charge in [0.2, 0.25) is 0 Å². The molecule has 0 bridgehead atoms. The normalized spacial score (nSPS) is 33.6. The zero-order valence-corrected chi connectivity index (χ0v) is 26.2. The molecule has 0 amide bonds. The summed E-state index contributed by atoms with van der Waals surface area (Å²) in [5, 5.41) is 0. The molecule has 0 N–H and O–H groups in total. The highest BCUT2D eigenvalue weighted by Crippen LogP contribution is 2.57. The number of carbonyl (C=O) groups is 1. The quantitative estimate of drug-likeness (QED) is 0.192. The molecule has 0 aliphatic heterocycles. The lowest BCUT2D eigenvalue weighted by atomic mass is 9.54. The summed E-state index contributed by atoms with van der Waals surface area (Å²) < 4.78 is 0. The minimum absolute atomic E-state index is 0.142. The molecular formula is C35H56Cl2O. The van der Waals surface area contributed by atoms with Gasteiger partial charge in [-0.25, -0.2) is 0 Å². The predicted molar refractivity (Wildman–Crippen MR) is 165 cm³/mol. The summed E-state index contributed by atoms with van der Waals surface area (Å²) in [5.74, 6) is 2.70. The number of allylic oxidation sites excluding steroid dienone is 2. The van der Waals surface area contributed by atoms with Gasteiger partial charge >= 0.3 is 0 Å². The van der Waals surface area contributed by atoms with Crippen LogP contribution in [0.3, 0.4) is 0 Å². The third kappa shape index (κ3) is 7.51. The molecule has 0 unspecified atom stereocenters. The number of ketones is 1. The first-order valence-corrected chi connectivity index (χ1v) is 17.5. The fourth-order valence-corrected chi connectivity index (χ4v) is 9.60. The fourth-order valence-electron chi connectivity index (χ4n) is 9.05. The van der Waals surface area contributed by atoms with E-state index >= 15 is 0 Å². The third-order valence-electron chi connectivity index (χ3n) is 11.9. The molecule has 38 heavy (non-hydrogen) atoms. The molecule has 4 rings (SSSR count). The van der Waals surface area contributed by atoms with Gasteiger partial charge in [0, 0.05) is 22.2 Å². The first-order chi connectivity index (χ1) is 18.5. The van der Waals surface area contributed by atoms with E-state index in [1.54, 1.807) is 11.1 Å². The van der Waals surface area contributed by atoms with Crippen LogP contribution in [0.15, 0.2) is 22.2 Å². The summed E-state index contributed by atoms with van der Waals surface area (Å²) in [7, 11) is 0. The Bertz CT molecular complexity index is 736. The molecule has 0 radical (unpaired) electrons. The van der Waals surface area contributed by atoms with Crippen molar-refractivity contribution < 1.29 is 4.79 Å². The number of hydrogen-bond acceptors (Lipinski definition) is 1. The van der Waals surface area contributed by atoms with Gasteiger partial charge in [-0.05, 0) is 73.0 Å². The Kier molecular flexibility index (Phi) is 11.8.